The first kappa shape index (κ1) is 21.1. The molecule has 1 N–H and O–H groups in total. The highest BCUT2D eigenvalue weighted by atomic mass is 16.5. The normalized spacial score (nSPS) is 17.5. The molecule has 1 saturated heterocycles. The number of aromatic nitrogens is 1. The Labute approximate surface area is 185 Å². The number of ketones is 1. The molecule has 1 unspecified atom stereocenters. The second-order valence-corrected chi connectivity index (χ2v) is 7.34. The van der Waals surface area contributed by atoms with E-state index in [2.05, 4.69) is 4.98 Å². The number of rotatable bonds is 5. The van der Waals surface area contributed by atoms with Gasteiger partial charge < -0.3 is 14.6 Å². The van der Waals surface area contributed by atoms with Crippen molar-refractivity contribution in [3.05, 3.63) is 89.3 Å². The van der Waals surface area contributed by atoms with Gasteiger partial charge in [-0.25, -0.2) is 0 Å². The van der Waals surface area contributed by atoms with Crippen LogP contribution >= 0.6 is 0 Å². The van der Waals surface area contributed by atoms with Crippen molar-refractivity contribution in [3.63, 3.8) is 0 Å². The van der Waals surface area contributed by atoms with Crippen LogP contribution in [0.1, 0.15) is 22.7 Å². The predicted molar refractivity (Wildman–Crippen MR) is 120 cm³/mol. The monoisotopic (exact) mass is 430 g/mol. The molecule has 7 heteroatoms. The summed E-state index contributed by atoms with van der Waals surface area (Å²) in [7, 11) is 3.11. The first-order valence-corrected chi connectivity index (χ1v) is 9.96. The number of hydrogen-bond donors (Lipinski definition) is 1. The van der Waals surface area contributed by atoms with Crippen LogP contribution in [0.3, 0.4) is 0 Å². The lowest BCUT2D eigenvalue weighted by molar-refractivity contribution is -0.132. The third-order valence-corrected chi connectivity index (χ3v) is 5.46. The molecule has 4 rings (SSSR count). The van der Waals surface area contributed by atoms with E-state index in [0.717, 1.165) is 5.56 Å². The van der Waals surface area contributed by atoms with Gasteiger partial charge in [-0.05, 0) is 66.6 Å². The fraction of sp³-hybridized carbons (Fsp3) is 0.160. The van der Waals surface area contributed by atoms with Crippen LogP contribution in [-0.2, 0) is 9.59 Å². The molecule has 0 spiro atoms. The summed E-state index contributed by atoms with van der Waals surface area (Å²) in [6, 6.07) is 14.6. The molecular weight excluding hydrogens is 408 g/mol. The average Bonchev–Trinajstić information content (AvgIpc) is 3.09. The molecule has 1 fully saturated rings. The van der Waals surface area contributed by atoms with Gasteiger partial charge in [0.1, 0.15) is 17.3 Å². The van der Waals surface area contributed by atoms with Gasteiger partial charge in [0.05, 0.1) is 25.8 Å². The second kappa shape index (κ2) is 8.55. The fourth-order valence-electron chi connectivity index (χ4n) is 3.88. The van der Waals surface area contributed by atoms with E-state index in [1.165, 1.54) is 4.90 Å². The van der Waals surface area contributed by atoms with E-state index in [0.29, 0.717) is 28.3 Å². The molecule has 1 aromatic heterocycles. The molecular formula is C25H22N2O5. The van der Waals surface area contributed by atoms with Crippen LogP contribution < -0.4 is 14.4 Å². The summed E-state index contributed by atoms with van der Waals surface area (Å²) in [4.78, 5) is 31.8. The van der Waals surface area contributed by atoms with Crippen molar-refractivity contribution in [2.45, 2.75) is 13.0 Å². The highest BCUT2D eigenvalue weighted by molar-refractivity contribution is 6.51. The van der Waals surface area contributed by atoms with Gasteiger partial charge in [-0.1, -0.05) is 6.07 Å². The van der Waals surface area contributed by atoms with E-state index in [-0.39, 0.29) is 11.3 Å². The van der Waals surface area contributed by atoms with Crippen molar-refractivity contribution >= 4 is 23.1 Å². The van der Waals surface area contributed by atoms with Gasteiger partial charge in [0.15, 0.2) is 0 Å². The number of anilines is 1. The molecule has 1 atom stereocenters. The predicted octanol–water partition coefficient (Wildman–Crippen LogP) is 4.03. The van der Waals surface area contributed by atoms with Crippen LogP contribution in [0.4, 0.5) is 5.69 Å². The summed E-state index contributed by atoms with van der Waals surface area (Å²) < 4.78 is 10.5. The number of carbonyl (C=O) groups is 2. The highest BCUT2D eigenvalue weighted by Gasteiger charge is 2.47. The number of ether oxygens (including phenoxy) is 2. The Morgan fingerprint density at radius 1 is 1.03 bits per heavy atom. The number of benzene rings is 2. The van der Waals surface area contributed by atoms with Crippen LogP contribution in [0.5, 0.6) is 11.5 Å². The molecule has 7 nitrogen and oxygen atoms in total. The molecule has 0 bridgehead atoms. The number of carbonyl (C=O) groups excluding carboxylic acids is 2. The van der Waals surface area contributed by atoms with Gasteiger partial charge in [-0.15, -0.1) is 0 Å². The Kier molecular flexibility index (Phi) is 5.64. The van der Waals surface area contributed by atoms with Gasteiger partial charge in [0.2, 0.25) is 0 Å². The highest BCUT2D eigenvalue weighted by Crippen LogP contribution is 2.42. The Morgan fingerprint density at radius 2 is 1.78 bits per heavy atom. The van der Waals surface area contributed by atoms with Gasteiger partial charge in [-0.2, -0.15) is 0 Å². The van der Waals surface area contributed by atoms with E-state index in [1.807, 2.05) is 6.92 Å². The van der Waals surface area contributed by atoms with Gasteiger partial charge in [-0.3, -0.25) is 19.5 Å². The third-order valence-electron chi connectivity index (χ3n) is 5.46. The lowest BCUT2D eigenvalue weighted by atomic mass is 9.95. The quantitative estimate of drug-likeness (QED) is 0.373. The van der Waals surface area contributed by atoms with E-state index >= 15 is 0 Å². The number of nitrogens with zero attached hydrogens (tertiary/aromatic N) is 2. The minimum Gasteiger partial charge on any atom is -0.507 e. The first-order valence-electron chi connectivity index (χ1n) is 9.96. The standard InChI is InChI=1S/C25H22N2O5/c1-15-13-16(6-11-20(15)32-3)23(28)21-22(17-5-4-12-26-14-17)27(25(30)24(21)29)18-7-9-19(31-2)10-8-18/h4-14,22,28H,1-3H3/b23-21-. The summed E-state index contributed by atoms with van der Waals surface area (Å²) in [5, 5.41) is 11.2. The van der Waals surface area contributed by atoms with Crippen LogP contribution in [-0.4, -0.2) is 36.0 Å². The topological polar surface area (TPSA) is 89.0 Å². The van der Waals surface area contributed by atoms with Crippen molar-refractivity contribution in [1.29, 1.82) is 0 Å². The zero-order chi connectivity index (χ0) is 22.8. The molecule has 1 aliphatic rings. The lowest BCUT2D eigenvalue weighted by Gasteiger charge is -2.25. The van der Waals surface area contributed by atoms with Crippen molar-refractivity contribution in [2.24, 2.45) is 0 Å². The van der Waals surface area contributed by atoms with E-state index in [4.69, 9.17) is 9.47 Å². The van der Waals surface area contributed by atoms with E-state index < -0.39 is 17.7 Å². The van der Waals surface area contributed by atoms with Crippen LogP contribution in [0.25, 0.3) is 5.76 Å². The van der Waals surface area contributed by atoms with Crippen molar-refractivity contribution < 1.29 is 24.2 Å². The minimum absolute atomic E-state index is 0.00313. The van der Waals surface area contributed by atoms with Crippen molar-refractivity contribution in [3.8, 4) is 11.5 Å². The van der Waals surface area contributed by atoms with Crippen molar-refractivity contribution in [1.82, 2.24) is 4.98 Å². The average molecular weight is 430 g/mol. The summed E-state index contributed by atoms with van der Waals surface area (Å²) in [6.07, 6.45) is 3.19. The van der Waals surface area contributed by atoms with Gasteiger partial charge >= 0.3 is 0 Å². The molecule has 2 heterocycles. The van der Waals surface area contributed by atoms with Crippen LogP contribution in [0.2, 0.25) is 0 Å². The molecule has 1 aliphatic heterocycles. The zero-order valence-electron chi connectivity index (χ0n) is 17.9. The molecule has 0 saturated carbocycles. The molecule has 32 heavy (non-hydrogen) atoms. The molecule has 3 aromatic rings. The number of amides is 1. The molecule has 162 valence electrons. The summed E-state index contributed by atoms with van der Waals surface area (Å²) in [5.41, 5.74) is 2.33. The van der Waals surface area contributed by atoms with Gasteiger partial charge in [0.25, 0.3) is 11.7 Å². The number of methoxy groups -OCH3 is 2. The number of aryl methyl sites for hydroxylation is 1. The summed E-state index contributed by atoms with van der Waals surface area (Å²) in [5.74, 6) is -0.462. The Hall–Kier alpha value is -4.13. The zero-order valence-corrected chi connectivity index (χ0v) is 17.9. The maximum absolute atomic E-state index is 13.1. The van der Waals surface area contributed by atoms with Crippen LogP contribution in [0, 0.1) is 6.92 Å². The fourth-order valence-corrected chi connectivity index (χ4v) is 3.88. The number of aliphatic hydroxyl groups is 1. The molecule has 1 amide bonds. The maximum Gasteiger partial charge on any atom is 0.300 e. The van der Waals surface area contributed by atoms with Crippen molar-refractivity contribution in [2.75, 3.05) is 19.1 Å². The molecule has 0 radical (unpaired) electrons. The smallest absolute Gasteiger partial charge is 0.300 e. The number of pyridine rings is 1. The maximum atomic E-state index is 13.1. The molecule has 2 aromatic carbocycles. The van der Waals surface area contributed by atoms with E-state index in [9.17, 15) is 14.7 Å². The Balaban J connectivity index is 1.90. The lowest BCUT2D eigenvalue weighted by Crippen LogP contribution is -2.29. The third kappa shape index (κ3) is 3.58. The second-order valence-electron chi connectivity index (χ2n) is 7.34. The SMILES string of the molecule is COc1ccc(N2C(=O)C(=O)/C(=C(\O)c3ccc(OC)c(C)c3)C2c2cccnc2)cc1. The summed E-state index contributed by atoms with van der Waals surface area (Å²) in [6.45, 7) is 1.84. The van der Waals surface area contributed by atoms with Crippen LogP contribution in [0.15, 0.2) is 72.6 Å². The molecule has 0 aliphatic carbocycles. The Morgan fingerprint density at radius 3 is 2.38 bits per heavy atom. The largest absolute Gasteiger partial charge is 0.507 e. The number of Topliss-reactive ketones (excluding diaryl/α,β-unsaturated/α-hetero) is 1. The number of aliphatic hydroxyl groups excluding tert-OH is 1. The first-order chi connectivity index (χ1) is 15.5. The minimum atomic E-state index is -0.834. The van der Waals surface area contributed by atoms with Gasteiger partial charge in [0, 0.05) is 23.6 Å². The van der Waals surface area contributed by atoms with E-state index in [1.54, 1.807) is 81.2 Å². The number of hydrogen-bond acceptors (Lipinski definition) is 6. The Bertz CT molecular complexity index is 1200. The summed E-state index contributed by atoms with van der Waals surface area (Å²) >= 11 is 0.